The van der Waals surface area contributed by atoms with Crippen LogP contribution in [0.15, 0.2) is 46.6 Å². The average molecular weight is 1550 g/mol. The molecule has 6 aliphatic heterocycles. The van der Waals surface area contributed by atoms with Crippen molar-refractivity contribution in [3.05, 3.63) is 46.6 Å². The molecule has 2 amide bonds. The molecule has 2 saturated carbocycles. The summed E-state index contributed by atoms with van der Waals surface area (Å²) in [5.74, 6) is -11.1. The number of cyclic esters (lactones) is 2. The van der Waals surface area contributed by atoms with Crippen LogP contribution >= 0.6 is 0 Å². The van der Waals surface area contributed by atoms with E-state index in [4.69, 9.17) is 47.4 Å². The molecule has 8 rings (SSSR count). The molecule has 0 aromatic carbocycles. The fraction of sp³-hybridized carbons (Fsp3) is 0.818. The summed E-state index contributed by atoms with van der Waals surface area (Å²) in [6, 6.07) is -2.01. The van der Waals surface area contributed by atoms with Crippen LogP contribution in [0, 0.1) is 82.9 Å². The average Bonchev–Trinajstić information content (AvgIpc) is 1.09. The van der Waals surface area contributed by atoms with E-state index < -0.39 is 120 Å². The van der Waals surface area contributed by atoms with Gasteiger partial charge in [-0.3, -0.25) is 28.8 Å². The maximum absolute atomic E-state index is 14.3. The Morgan fingerprint density at radius 3 is 1.21 bits per heavy atom. The van der Waals surface area contributed by atoms with E-state index in [1.807, 2.05) is 54.5 Å². The number of nitrogens with zero attached hydrogens (tertiary/aromatic N) is 2. The van der Waals surface area contributed by atoms with Crippen molar-refractivity contribution in [1.29, 1.82) is 0 Å². The number of ether oxygens (including phenoxy) is 10. The van der Waals surface area contributed by atoms with E-state index in [0.29, 0.717) is 76.0 Å². The number of methoxy groups -OCH3 is 6. The molecule has 28 unspecified atom stereocenters. The summed E-state index contributed by atoms with van der Waals surface area (Å²) in [5.41, 5.74) is 3.99. The van der Waals surface area contributed by atoms with Gasteiger partial charge in [-0.25, -0.2) is 9.59 Å². The molecule has 28 atom stereocenters. The zero-order valence-electron chi connectivity index (χ0n) is 71.0. The van der Waals surface area contributed by atoms with Crippen molar-refractivity contribution in [2.24, 2.45) is 82.9 Å². The number of carbonyl (C=O) groups is 8. The van der Waals surface area contributed by atoms with Crippen molar-refractivity contribution in [3.63, 3.8) is 0 Å². The first-order chi connectivity index (χ1) is 51.9. The number of carbonyl (C=O) groups excluding carboxylic acids is 8. The van der Waals surface area contributed by atoms with E-state index in [1.165, 1.54) is 9.80 Å². The van der Waals surface area contributed by atoms with Gasteiger partial charge in [0.2, 0.25) is 11.6 Å². The molecule has 4 saturated heterocycles. The number of aliphatic hydroxyl groups is 2. The molecule has 624 valence electrons. The fourth-order valence-corrected chi connectivity index (χ4v) is 19.3. The number of rotatable bonds is 12. The van der Waals surface area contributed by atoms with Crippen molar-refractivity contribution in [2.45, 2.75) is 324 Å². The number of hydrogen-bond donors (Lipinski definition) is 2. The molecular weight excluding hydrogens is 1400 g/mol. The summed E-state index contributed by atoms with van der Waals surface area (Å²) in [6.45, 7) is 32.5. The van der Waals surface area contributed by atoms with Crippen LogP contribution in [-0.4, -0.2) is 207 Å². The van der Waals surface area contributed by atoms with Gasteiger partial charge in [-0.1, -0.05) is 125 Å². The number of hydrogen-bond acceptors (Lipinski definition) is 20. The van der Waals surface area contributed by atoms with E-state index in [1.54, 1.807) is 56.5 Å². The highest BCUT2D eigenvalue weighted by Gasteiger charge is 2.59. The third-order valence-electron chi connectivity index (χ3n) is 26.7. The molecule has 0 spiro atoms. The zero-order chi connectivity index (χ0) is 81.5. The molecule has 8 aliphatic rings. The smallest absolute Gasteiger partial charge is 0.329 e. The van der Waals surface area contributed by atoms with Gasteiger partial charge in [-0.05, 0) is 195 Å². The van der Waals surface area contributed by atoms with Crippen molar-refractivity contribution < 1.29 is 95.9 Å². The van der Waals surface area contributed by atoms with Gasteiger partial charge in [0.05, 0.1) is 36.6 Å². The molecule has 2 N–H and O–H groups in total. The second-order valence-corrected chi connectivity index (χ2v) is 35.4. The monoisotopic (exact) mass is 1550 g/mol. The molecule has 4 bridgehead atoms. The van der Waals surface area contributed by atoms with Crippen LogP contribution in [0.3, 0.4) is 0 Å². The Labute approximate surface area is 658 Å². The molecule has 110 heavy (non-hydrogen) atoms. The zero-order valence-corrected chi connectivity index (χ0v) is 71.0. The van der Waals surface area contributed by atoms with Gasteiger partial charge in [-0.15, -0.1) is 0 Å². The SMILES string of the molecule is CCCC1/C=C(\C)CC(C)CC(OC)C2OC(O)(C(=O)C(=O)N3CCCC3C(=O)OC(/C(C)=C/C3CCC(C)C(OC)C3)C(C)C(C)CC1=O)C(C)CC2OC.COC1CC(/C=C(\C)C2OC(=O)C3CCCN3C(=O)C(=O)C3(O)OC(C(OC)CC(C)C/C(C)=C/C(C)C(=O)CC(C)C2C)C(OC)CC3C)CCC1C. The Morgan fingerprint density at radius 1 is 0.473 bits per heavy atom. The predicted octanol–water partition coefficient (Wildman–Crippen LogP) is 13.3. The lowest BCUT2D eigenvalue weighted by atomic mass is 9.77. The minimum absolute atomic E-state index is 0.100. The van der Waals surface area contributed by atoms with E-state index >= 15 is 0 Å². The van der Waals surface area contributed by atoms with Gasteiger partial charge in [-0.2, -0.15) is 0 Å². The van der Waals surface area contributed by atoms with Crippen LogP contribution in [0.1, 0.15) is 239 Å². The first kappa shape index (κ1) is 92.3. The topological polar surface area (TPSA) is 276 Å². The van der Waals surface area contributed by atoms with Crippen LogP contribution in [0.4, 0.5) is 0 Å². The van der Waals surface area contributed by atoms with Crippen LogP contribution in [0.25, 0.3) is 0 Å². The van der Waals surface area contributed by atoms with Crippen LogP contribution in [-0.2, 0) is 85.7 Å². The lowest BCUT2D eigenvalue weighted by molar-refractivity contribution is -0.302. The van der Waals surface area contributed by atoms with Gasteiger partial charge < -0.3 is 67.4 Å². The number of fused-ring (bicyclic) bond motifs is 6. The van der Waals surface area contributed by atoms with Crippen LogP contribution < -0.4 is 0 Å². The summed E-state index contributed by atoms with van der Waals surface area (Å²) in [7, 11) is 9.74. The molecule has 22 heteroatoms. The lowest BCUT2D eigenvalue weighted by Crippen LogP contribution is -2.63. The number of esters is 2. The molecule has 0 aromatic rings. The Morgan fingerprint density at radius 2 is 0.836 bits per heavy atom. The molecule has 6 heterocycles. The highest BCUT2D eigenvalue weighted by atomic mass is 16.7. The van der Waals surface area contributed by atoms with Gasteiger partial charge in [0.1, 0.15) is 48.1 Å². The van der Waals surface area contributed by atoms with Gasteiger partial charge in [0.15, 0.2) is 0 Å². The first-order valence-corrected chi connectivity index (χ1v) is 41.8. The fourth-order valence-electron chi connectivity index (χ4n) is 19.3. The predicted molar refractivity (Wildman–Crippen MR) is 420 cm³/mol. The van der Waals surface area contributed by atoms with Crippen molar-refractivity contribution in [3.8, 4) is 0 Å². The Kier molecular flexibility index (Phi) is 34.9. The van der Waals surface area contributed by atoms with Crippen LogP contribution in [0.2, 0.25) is 0 Å². The van der Waals surface area contributed by atoms with E-state index in [0.717, 1.165) is 73.7 Å². The minimum Gasteiger partial charge on any atom is -0.456 e. The second kappa shape index (κ2) is 41.6. The highest BCUT2D eigenvalue weighted by molar-refractivity contribution is 6.39. The third kappa shape index (κ3) is 22.6. The van der Waals surface area contributed by atoms with Crippen molar-refractivity contribution in [2.75, 3.05) is 55.7 Å². The van der Waals surface area contributed by atoms with Gasteiger partial charge in [0.25, 0.3) is 23.4 Å². The third-order valence-corrected chi connectivity index (χ3v) is 26.7. The van der Waals surface area contributed by atoms with E-state index in [2.05, 4.69) is 66.7 Å². The van der Waals surface area contributed by atoms with E-state index in [9.17, 15) is 48.6 Å². The molecule has 0 aromatic heterocycles. The van der Waals surface area contributed by atoms with Gasteiger partial charge in [0, 0.05) is 104 Å². The standard InChI is InChI=1S/C45H73NO10.C43H69NO10/c1-12-14-34-20-26(2)19-27(3)21-38(53-10)41-39(54-11)24-31(7)45(51,56-41)42(48)43(49)46-18-13-15-35(46)44(50)55-40(32(8)29(5)23-36(34)47)30(6)22-33-17-16-28(4)37(25-33)52-9;1-24-17-25(2)19-36(51-10)39-37(52-11)22-30(7)43(49,54-39)40(46)41(47)44-16-12-13-33(44)42(48)53-38(31(8)27(4)21-34(45)28(5)18-24)29(6)20-32-15-14-26(3)35(23-32)50-9/h20,22,27-29,31-35,37-41,51H,12-19,21,23-25H2,1-11H3;18,20,25-28,30-33,35-39,49H,12-17,19,21-23H2,1-11H3/b26-20+,30-22+;24-18+,29-20+. The Balaban J connectivity index is 0.000000306. The second-order valence-electron chi connectivity index (χ2n) is 35.4. The molecular formula is C88H142N2O20. The summed E-state index contributed by atoms with van der Waals surface area (Å²) in [4.78, 5) is 115. The summed E-state index contributed by atoms with van der Waals surface area (Å²) in [6.07, 6.45) is 16.4. The summed E-state index contributed by atoms with van der Waals surface area (Å²) in [5, 5.41) is 24.0. The van der Waals surface area contributed by atoms with Crippen LogP contribution in [0.5, 0.6) is 0 Å². The number of ketones is 4. The van der Waals surface area contributed by atoms with Crippen molar-refractivity contribution in [1.82, 2.24) is 9.80 Å². The summed E-state index contributed by atoms with van der Waals surface area (Å²) >= 11 is 0. The molecule has 0 radical (unpaired) electrons. The van der Waals surface area contributed by atoms with Crippen molar-refractivity contribution >= 4 is 46.9 Å². The van der Waals surface area contributed by atoms with E-state index in [-0.39, 0.29) is 109 Å². The Bertz CT molecular complexity index is 3240. The molecule has 2 aliphatic carbocycles. The number of allylic oxidation sites excluding steroid dienone is 6. The maximum Gasteiger partial charge on any atom is 0.329 e. The largest absolute Gasteiger partial charge is 0.456 e. The molecule has 22 nitrogen and oxygen atoms in total. The number of amides is 2. The highest BCUT2D eigenvalue weighted by Crippen LogP contribution is 2.44. The first-order valence-electron chi connectivity index (χ1n) is 41.8. The molecule has 6 fully saturated rings. The quantitative estimate of drug-likeness (QED) is 0.104. The Hall–Kier alpha value is -4.88. The van der Waals surface area contributed by atoms with Gasteiger partial charge >= 0.3 is 11.9 Å². The summed E-state index contributed by atoms with van der Waals surface area (Å²) < 4.78 is 60.4. The maximum atomic E-state index is 14.3. The lowest BCUT2D eigenvalue weighted by Gasteiger charge is -2.46. The normalized spacial score (nSPS) is 41.9. The minimum atomic E-state index is -2.44. The number of Topliss-reactive ketones (excluding diaryl/α,β-unsaturated/α-hetero) is 4.